The first-order valence-electron chi connectivity index (χ1n) is 12.0. The van der Waals surface area contributed by atoms with Gasteiger partial charge in [0, 0.05) is 42.3 Å². The molecule has 1 saturated heterocycles. The van der Waals surface area contributed by atoms with E-state index in [1.165, 1.54) is 0 Å². The zero-order valence-corrected chi connectivity index (χ0v) is 22.3. The van der Waals surface area contributed by atoms with E-state index in [4.69, 9.17) is 27.8 Å². The van der Waals surface area contributed by atoms with Crippen LogP contribution < -0.4 is 16.8 Å². The van der Waals surface area contributed by atoms with Gasteiger partial charge in [0.05, 0.1) is 42.4 Å². The number of nitrogens with two attached hydrogens (primary N) is 2. The average molecular weight is 513 g/mol. The van der Waals surface area contributed by atoms with Crippen LogP contribution in [-0.2, 0) is 16.1 Å². The van der Waals surface area contributed by atoms with Gasteiger partial charge in [-0.15, -0.1) is 0 Å². The minimum absolute atomic E-state index is 0.0309. The largest absolute Gasteiger partial charge is 0.397 e. The molecule has 1 amide bonds. The maximum absolute atomic E-state index is 11.9. The first kappa shape index (κ1) is 29.0. The van der Waals surface area contributed by atoms with Crippen LogP contribution in [0, 0.1) is 0 Å². The molecule has 9 heteroatoms. The molecule has 3 aromatic rings. The third-order valence-electron chi connectivity index (χ3n) is 5.23. The summed E-state index contributed by atoms with van der Waals surface area (Å²) in [7, 11) is 0. The Morgan fingerprint density at radius 2 is 1.86 bits per heavy atom. The van der Waals surface area contributed by atoms with Crippen LogP contribution in [0.1, 0.15) is 33.4 Å². The molecule has 0 spiro atoms. The Morgan fingerprint density at radius 3 is 2.50 bits per heavy atom. The summed E-state index contributed by atoms with van der Waals surface area (Å²) >= 11 is 5.92. The number of carbonyl (C=O) groups is 1. The summed E-state index contributed by atoms with van der Waals surface area (Å²) in [5.74, 6) is 0.0309. The number of ether oxygens (including phenoxy) is 1. The lowest BCUT2D eigenvalue weighted by Crippen LogP contribution is -2.51. The second-order valence-electron chi connectivity index (χ2n) is 8.61. The molecule has 1 aliphatic rings. The summed E-state index contributed by atoms with van der Waals surface area (Å²) in [5.41, 5.74) is 15.2. The summed E-state index contributed by atoms with van der Waals surface area (Å²) in [6.07, 6.45) is 5.13. The van der Waals surface area contributed by atoms with Gasteiger partial charge in [-0.25, -0.2) is 0 Å². The zero-order chi connectivity index (χ0) is 26.6. The number of nitrogens with one attached hydrogen (secondary N) is 1. The first-order valence-corrected chi connectivity index (χ1v) is 12.4. The van der Waals surface area contributed by atoms with Crippen LogP contribution in [0.2, 0.25) is 5.02 Å². The van der Waals surface area contributed by atoms with Gasteiger partial charge >= 0.3 is 0 Å². The van der Waals surface area contributed by atoms with Gasteiger partial charge in [-0.2, -0.15) is 0 Å². The van der Waals surface area contributed by atoms with Gasteiger partial charge < -0.3 is 21.5 Å². The molecule has 0 saturated carbocycles. The van der Waals surface area contributed by atoms with Crippen molar-refractivity contribution in [3.05, 3.63) is 71.8 Å². The quantitative estimate of drug-likeness (QED) is 0.433. The van der Waals surface area contributed by atoms with Crippen molar-refractivity contribution in [1.29, 1.82) is 0 Å². The van der Waals surface area contributed by atoms with Crippen molar-refractivity contribution in [1.82, 2.24) is 20.2 Å². The minimum Gasteiger partial charge on any atom is -0.397 e. The molecule has 0 unspecified atom stereocenters. The summed E-state index contributed by atoms with van der Waals surface area (Å²) in [4.78, 5) is 22.1. The van der Waals surface area contributed by atoms with Crippen molar-refractivity contribution in [2.45, 2.75) is 39.8 Å². The molecule has 4 rings (SSSR count). The van der Waals surface area contributed by atoms with Crippen LogP contribution in [0.15, 0.2) is 61.1 Å². The predicted molar refractivity (Wildman–Crippen MR) is 147 cm³/mol. The second-order valence-corrected chi connectivity index (χ2v) is 9.05. The molecule has 1 fully saturated rings. The summed E-state index contributed by atoms with van der Waals surface area (Å²) < 4.78 is 5.62. The average Bonchev–Trinajstić information content (AvgIpc) is 2.87. The van der Waals surface area contributed by atoms with Gasteiger partial charge in [0.2, 0.25) is 5.91 Å². The molecule has 8 nitrogen and oxygen atoms in total. The van der Waals surface area contributed by atoms with Crippen molar-refractivity contribution in [3.63, 3.8) is 0 Å². The van der Waals surface area contributed by atoms with Crippen LogP contribution in [-0.4, -0.2) is 52.6 Å². The minimum atomic E-state index is -0.167. The maximum Gasteiger partial charge on any atom is 0.234 e. The molecule has 3 heterocycles. The molecule has 0 atom stereocenters. The Hall–Kier alpha value is -3.20. The van der Waals surface area contributed by atoms with Crippen molar-refractivity contribution >= 4 is 28.9 Å². The van der Waals surface area contributed by atoms with Crippen molar-refractivity contribution < 1.29 is 9.53 Å². The number of nitrogen functional groups attached to an aromatic ring is 2. The molecule has 5 N–H and O–H groups in total. The van der Waals surface area contributed by atoms with Gasteiger partial charge in [0.15, 0.2) is 0 Å². The Kier molecular flexibility index (Phi) is 11.6. The number of aromatic nitrogens is 2. The number of benzene rings is 1. The van der Waals surface area contributed by atoms with Gasteiger partial charge in [-0.05, 0) is 55.8 Å². The second kappa shape index (κ2) is 14.4. The number of carbonyl (C=O) groups excluding carboxylic acids is 1. The van der Waals surface area contributed by atoms with Crippen molar-refractivity contribution in [2.24, 2.45) is 0 Å². The molecule has 2 aromatic heterocycles. The lowest BCUT2D eigenvalue weighted by molar-refractivity contribution is -0.127. The topological polar surface area (TPSA) is 119 Å². The number of rotatable bonds is 5. The van der Waals surface area contributed by atoms with E-state index in [1.807, 2.05) is 58.0 Å². The van der Waals surface area contributed by atoms with Crippen molar-refractivity contribution in [3.8, 4) is 11.1 Å². The molecule has 0 bridgehead atoms. The fraction of sp³-hybridized carbons (Fsp3) is 0.370. The van der Waals surface area contributed by atoms with E-state index in [1.54, 1.807) is 30.7 Å². The molecule has 194 valence electrons. The van der Waals surface area contributed by atoms with E-state index in [2.05, 4.69) is 20.2 Å². The number of pyridine rings is 2. The van der Waals surface area contributed by atoms with E-state index in [0.29, 0.717) is 36.1 Å². The van der Waals surface area contributed by atoms with Crippen LogP contribution in [0.3, 0.4) is 0 Å². The van der Waals surface area contributed by atoms with Gasteiger partial charge in [-0.1, -0.05) is 31.5 Å². The van der Waals surface area contributed by atoms with Crippen LogP contribution >= 0.6 is 11.6 Å². The SMILES string of the molecule is CC.CC1(C)CN(CC(=O)NCc2ccccn2)CCO1.Nc1cc(Cl)cc(-c2ccncc2)c1N. The van der Waals surface area contributed by atoms with Crippen molar-refractivity contribution in [2.75, 3.05) is 37.7 Å². The van der Waals surface area contributed by atoms with E-state index in [0.717, 1.165) is 29.9 Å². The third-order valence-corrected chi connectivity index (χ3v) is 5.45. The number of hydrogen-bond acceptors (Lipinski definition) is 7. The lowest BCUT2D eigenvalue weighted by atomic mass is 10.0. The number of hydrogen-bond donors (Lipinski definition) is 3. The van der Waals surface area contributed by atoms with E-state index in [9.17, 15) is 4.79 Å². The number of nitrogens with zero attached hydrogens (tertiary/aromatic N) is 3. The van der Waals surface area contributed by atoms with Crippen LogP contribution in [0.25, 0.3) is 11.1 Å². The summed E-state index contributed by atoms with van der Waals surface area (Å²) in [5, 5.41) is 3.47. The number of morpholine rings is 1. The maximum atomic E-state index is 11.9. The van der Waals surface area contributed by atoms with E-state index < -0.39 is 0 Å². The number of anilines is 2. The van der Waals surface area contributed by atoms with Crippen LogP contribution in [0.4, 0.5) is 11.4 Å². The third kappa shape index (κ3) is 9.45. The summed E-state index contributed by atoms with van der Waals surface area (Å²) in [6, 6.07) is 12.8. The Balaban J connectivity index is 0.000000243. The fourth-order valence-corrected chi connectivity index (χ4v) is 3.84. The van der Waals surface area contributed by atoms with E-state index >= 15 is 0 Å². The molecule has 1 aliphatic heterocycles. The predicted octanol–water partition coefficient (Wildman–Crippen LogP) is 4.40. The Labute approximate surface area is 219 Å². The smallest absolute Gasteiger partial charge is 0.234 e. The van der Waals surface area contributed by atoms with Gasteiger partial charge in [0.1, 0.15) is 0 Å². The first-order chi connectivity index (χ1) is 17.2. The number of halogens is 1. The lowest BCUT2D eigenvalue weighted by Gasteiger charge is -2.37. The van der Waals surface area contributed by atoms with E-state index in [-0.39, 0.29) is 11.5 Å². The zero-order valence-electron chi connectivity index (χ0n) is 21.5. The molecular formula is C27H37ClN6O2. The highest BCUT2D eigenvalue weighted by molar-refractivity contribution is 6.31. The number of amides is 1. The Morgan fingerprint density at radius 1 is 1.14 bits per heavy atom. The normalized spacial score (nSPS) is 14.5. The van der Waals surface area contributed by atoms with Crippen LogP contribution in [0.5, 0.6) is 0 Å². The highest BCUT2D eigenvalue weighted by Crippen LogP contribution is 2.33. The standard InChI is InChI=1S/C14H21N3O2.C11H10ClN3.C2H6/c1-14(2)11-17(7-8-19-14)10-13(18)16-9-12-5-3-4-6-15-12;12-8-5-9(11(14)10(13)6-8)7-1-3-15-4-2-7;1-2/h3-6H,7-11H2,1-2H3,(H,16,18);1-6H,13-14H2;1-2H3. The molecule has 0 aliphatic carbocycles. The fourth-order valence-electron chi connectivity index (χ4n) is 3.61. The molecule has 1 aromatic carbocycles. The molecule has 36 heavy (non-hydrogen) atoms. The monoisotopic (exact) mass is 512 g/mol. The van der Waals surface area contributed by atoms with Gasteiger partial charge in [-0.3, -0.25) is 19.7 Å². The molecule has 0 radical (unpaired) electrons. The highest BCUT2D eigenvalue weighted by atomic mass is 35.5. The summed E-state index contributed by atoms with van der Waals surface area (Å²) in [6.45, 7) is 11.3. The highest BCUT2D eigenvalue weighted by Gasteiger charge is 2.27. The molecular weight excluding hydrogens is 476 g/mol. The van der Waals surface area contributed by atoms with Gasteiger partial charge in [0.25, 0.3) is 0 Å². The Bertz CT molecular complexity index is 1080.